The first-order valence-electron chi connectivity index (χ1n) is 9.62. The van der Waals surface area contributed by atoms with E-state index in [1.54, 1.807) is 73.8 Å². The second kappa shape index (κ2) is 10.5. The molecule has 3 aromatic rings. The van der Waals surface area contributed by atoms with Crippen LogP contribution in [0.4, 0.5) is 5.69 Å². The van der Waals surface area contributed by atoms with Crippen molar-refractivity contribution in [1.29, 1.82) is 0 Å². The molecule has 0 aliphatic carbocycles. The van der Waals surface area contributed by atoms with Crippen LogP contribution in [-0.4, -0.2) is 41.3 Å². The number of nitrogens with zero attached hydrogens (tertiary/aromatic N) is 2. The number of rotatable bonds is 9. The van der Waals surface area contributed by atoms with Crippen molar-refractivity contribution in [2.24, 2.45) is 5.10 Å². The Kier molecular flexibility index (Phi) is 7.45. The van der Waals surface area contributed by atoms with Gasteiger partial charge in [0.1, 0.15) is 18.0 Å². The van der Waals surface area contributed by atoms with Crippen LogP contribution in [0.1, 0.15) is 5.56 Å². The maximum atomic E-state index is 13.3. The number of carbonyl (C=O) groups excluding carboxylic acids is 1. The monoisotopic (exact) mass is 453 g/mol. The molecular weight excluding hydrogens is 430 g/mol. The third-order valence-electron chi connectivity index (χ3n) is 4.48. The van der Waals surface area contributed by atoms with Gasteiger partial charge in [-0.1, -0.05) is 30.3 Å². The number of sulfonamides is 1. The Morgan fingerprint density at radius 1 is 0.938 bits per heavy atom. The Bertz CT molecular complexity index is 1180. The molecule has 3 aromatic carbocycles. The predicted octanol–water partition coefficient (Wildman–Crippen LogP) is 3.05. The average molecular weight is 454 g/mol. The van der Waals surface area contributed by atoms with Gasteiger partial charge >= 0.3 is 0 Å². The first-order valence-corrected chi connectivity index (χ1v) is 11.1. The number of carbonyl (C=O) groups is 1. The molecule has 0 spiro atoms. The molecule has 0 atom stereocenters. The molecule has 166 valence electrons. The molecule has 0 fully saturated rings. The summed E-state index contributed by atoms with van der Waals surface area (Å²) in [7, 11) is -0.961. The summed E-state index contributed by atoms with van der Waals surface area (Å²) in [6.07, 6.45) is 1.45. The summed E-state index contributed by atoms with van der Waals surface area (Å²) in [4.78, 5) is 12.6. The van der Waals surface area contributed by atoms with Crippen LogP contribution in [0.5, 0.6) is 11.5 Å². The van der Waals surface area contributed by atoms with Crippen molar-refractivity contribution in [3.8, 4) is 11.5 Å². The van der Waals surface area contributed by atoms with Gasteiger partial charge in [0.05, 0.1) is 31.0 Å². The van der Waals surface area contributed by atoms with Crippen molar-refractivity contribution >= 4 is 27.8 Å². The smallest absolute Gasteiger partial charge is 0.264 e. The summed E-state index contributed by atoms with van der Waals surface area (Å²) in [6.45, 7) is -0.451. The van der Waals surface area contributed by atoms with E-state index in [2.05, 4.69) is 10.5 Å². The second-order valence-electron chi connectivity index (χ2n) is 6.59. The van der Waals surface area contributed by atoms with Crippen LogP contribution in [0.3, 0.4) is 0 Å². The van der Waals surface area contributed by atoms with Crippen molar-refractivity contribution in [2.75, 3.05) is 25.1 Å². The number of nitrogens with one attached hydrogen (secondary N) is 1. The molecule has 0 aromatic heterocycles. The van der Waals surface area contributed by atoms with E-state index in [9.17, 15) is 13.2 Å². The lowest BCUT2D eigenvalue weighted by Gasteiger charge is -2.23. The molecule has 32 heavy (non-hydrogen) atoms. The third kappa shape index (κ3) is 5.64. The highest BCUT2D eigenvalue weighted by Crippen LogP contribution is 2.24. The molecule has 0 aliphatic heterocycles. The van der Waals surface area contributed by atoms with Gasteiger partial charge in [0.15, 0.2) is 0 Å². The normalized spacial score (nSPS) is 11.2. The minimum atomic E-state index is -4.01. The standard InChI is InChI=1S/C23H23N3O5S/c1-30-20-11-13-22(14-12-20)32(28,29)26(19-8-4-3-5-9-19)17-23(27)25-24-16-18-7-6-10-21(15-18)31-2/h3-16H,17H2,1-2H3,(H,25,27)/b24-16-. The zero-order valence-electron chi connectivity index (χ0n) is 17.6. The molecule has 1 amide bonds. The fraction of sp³-hybridized carbons (Fsp3) is 0.130. The number of anilines is 1. The van der Waals surface area contributed by atoms with Gasteiger partial charge in [-0.3, -0.25) is 9.10 Å². The number of ether oxygens (including phenoxy) is 2. The van der Waals surface area contributed by atoms with Gasteiger partial charge < -0.3 is 9.47 Å². The number of amides is 1. The summed E-state index contributed by atoms with van der Waals surface area (Å²) >= 11 is 0. The number of hydrogen-bond acceptors (Lipinski definition) is 6. The van der Waals surface area contributed by atoms with Gasteiger partial charge in [0.2, 0.25) is 0 Å². The van der Waals surface area contributed by atoms with Crippen LogP contribution < -0.4 is 19.2 Å². The first kappa shape index (κ1) is 22.8. The third-order valence-corrected chi connectivity index (χ3v) is 6.26. The van der Waals surface area contributed by atoms with Crippen molar-refractivity contribution in [3.05, 3.63) is 84.4 Å². The van der Waals surface area contributed by atoms with Gasteiger partial charge in [-0.2, -0.15) is 5.10 Å². The van der Waals surface area contributed by atoms with Crippen LogP contribution in [0.15, 0.2) is 88.9 Å². The van der Waals surface area contributed by atoms with E-state index in [-0.39, 0.29) is 4.90 Å². The van der Waals surface area contributed by atoms with E-state index in [1.165, 1.54) is 25.5 Å². The van der Waals surface area contributed by atoms with E-state index in [0.717, 1.165) is 9.87 Å². The minimum Gasteiger partial charge on any atom is -0.497 e. The largest absolute Gasteiger partial charge is 0.497 e. The summed E-state index contributed by atoms with van der Waals surface area (Å²) in [5, 5.41) is 3.92. The van der Waals surface area contributed by atoms with Crippen LogP contribution in [-0.2, 0) is 14.8 Å². The molecule has 0 aliphatic rings. The zero-order chi connectivity index (χ0) is 23.0. The molecule has 1 N–H and O–H groups in total. The number of para-hydroxylation sites is 1. The molecular formula is C23H23N3O5S. The van der Waals surface area contributed by atoms with E-state index in [1.807, 2.05) is 0 Å². The zero-order valence-corrected chi connectivity index (χ0v) is 18.5. The Morgan fingerprint density at radius 2 is 1.62 bits per heavy atom. The Hall–Kier alpha value is -3.85. The SMILES string of the molecule is COc1ccc(S(=O)(=O)N(CC(=O)N/N=C\c2cccc(OC)c2)c2ccccc2)cc1. The maximum absolute atomic E-state index is 13.3. The lowest BCUT2D eigenvalue weighted by atomic mass is 10.2. The summed E-state index contributed by atoms with van der Waals surface area (Å²) < 4.78 is 37.8. The second-order valence-corrected chi connectivity index (χ2v) is 8.45. The quantitative estimate of drug-likeness (QED) is 0.397. The first-order chi connectivity index (χ1) is 15.4. The summed E-state index contributed by atoms with van der Waals surface area (Å²) in [5.74, 6) is 0.589. The average Bonchev–Trinajstić information content (AvgIpc) is 2.83. The summed E-state index contributed by atoms with van der Waals surface area (Å²) in [5.41, 5.74) is 3.45. The molecule has 0 saturated carbocycles. The number of benzene rings is 3. The molecule has 0 bridgehead atoms. The van der Waals surface area contributed by atoms with Gasteiger partial charge in [0, 0.05) is 0 Å². The fourth-order valence-electron chi connectivity index (χ4n) is 2.85. The molecule has 9 heteroatoms. The number of hydrazone groups is 1. The van der Waals surface area contributed by atoms with Crippen LogP contribution in [0.25, 0.3) is 0 Å². The minimum absolute atomic E-state index is 0.0369. The predicted molar refractivity (Wildman–Crippen MR) is 123 cm³/mol. The topological polar surface area (TPSA) is 97.3 Å². The van der Waals surface area contributed by atoms with Gasteiger partial charge in [-0.15, -0.1) is 0 Å². The Labute approximate surface area is 187 Å². The lowest BCUT2D eigenvalue weighted by molar-refractivity contribution is -0.119. The molecule has 0 unspecified atom stereocenters. The maximum Gasteiger partial charge on any atom is 0.264 e. The van der Waals surface area contributed by atoms with Crippen molar-refractivity contribution in [3.63, 3.8) is 0 Å². The van der Waals surface area contributed by atoms with Crippen LogP contribution >= 0.6 is 0 Å². The van der Waals surface area contributed by atoms with E-state index < -0.39 is 22.5 Å². The van der Waals surface area contributed by atoms with Gasteiger partial charge in [0.25, 0.3) is 15.9 Å². The van der Waals surface area contributed by atoms with Crippen LogP contribution in [0.2, 0.25) is 0 Å². The molecule has 3 rings (SSSR count). The number of methoxy groups -OCH3 is 2. The molecule has 0 radical (unpaired) electrons. The highest BCUT2D eigenvalue weighted by Gasteiger charge is 2.27. The Morgan fingerprint density at radius 3 is 2.28 bits per heavy atom. The Balaban J connectivity index is 1.80. The highest BCUT2D eigenvalue weighted by molar-refractivity contribution is 7.92. The van der Waals surface area contributed by atoms with E-state index in [0.29, 0.717) is 17.2 Å². The lowest BCUT2D eigenvalue weighted by Crippen LogP contribution is -2.39. The van der Waals surface area contributed by atoms with Crippen molar-refractivity contribution < 1.29 is 22.7 Å². The molecule has 0 saturated heterocycles. The van der Waals surface area contributed by atoms with Gasteiger partial charge in [-0.05, 0) is 54.1 Å². The van der Waals surface area contributed by atoms with Gasteiger partial charge in [-0.25, -0.2) is 13.8 Å². The van der Waals surface area contributed by atoms with E-state index >= 15 is 0 Å². The van der Waals surface area contributed by atoms with E-state index in [4.69, 9.17) is 9.47 Å². The molecule has 0 heterocycles. The highest BCUT2D eigenvalue weighted by atomic mass is 32.2. The fourth-order valence-corrected chi connectivity index (χ4v) is 4.27. The summed E-state index contributed by atoms with van der Waals surface area (Å²) in [6, 6.07) is 21.5. The molecule has 8 nitrogen and oxygen atoms in total. The number of hydrogen-bond donors (Lipinski definition) is 1. The van der Waals surface area contributed by atoms with Crippen molar-refractivity contribution in [1.82, 2.24) is 5.43 Å². The van der Waals surface area contributed by atoms with Crippen LogP contribution in [0, 0.1) is 0 Å². The van der Waals surface area contributed by atoms with Crippen molar-refractivity contribution in [2.45, 2.75) is 4.90 Å².